The minimum atomic E-state index is -4.41. The van der Waals surface area contributed by atoms with Crippen molar-refractivity contribution in [2.24, 2.45) is 0 Å². The predicted octanol–water partition coefficient (Wildman–Crippen LogP) is 3.73. The highest BCUT2D eigenvalue weighted by atomic mass is 19.4. The molecule has 1 N–H and O–H groups in total. The number of benzene rings is 1. The first-order valence-electron chi connectivity index (χ1n) is 6.69. The molecule has 2 heterocycles. The van der Waals surface area contributed by atoms with Gasteiger partial charge in [-0.3, -0.25) is 4.79 Å². The Balaban J connectivity index is 0.000000847. The maximum Gasteiger partial charge on any atom is 0.416 e. The third kappa shape index (κ3) is 3.03. The van der Waals surface area contributed by atoms with E-state index < -0.39 is 11.7 Å². The minimum absolute atomic E-state index is 0.341. The lowest BCUT2D eigenvalue weighted by atomic mass is 10.1. The van der Waals surface area contributed by atoms with Crippen LogP contribution in [0.15, 0.2) is 47.5 Å². The lowest BCUT2D eigenvalue weighted by Gasteiger charge is -2.07. The lowest BCUT2D eigenvalue weighted by Crippen LogP contribution is -2.06. The second-order valence-electron chi connectivity index (χ2n) is 4.23. The zero-order valence-corrected chi connectivity index (χ0v) is 12.0. The van der Waals surface area contributed by atoms with Crippen molar-refractivity contribution in [3.8, 4) is 11.1 Å². The average Bonchev–Trinajstić information content (AvgIpc) is 2.91. The van der Waals surface area contributed by atoms with Gasteiger partial charge < -0.3 is 4.98 Å². The molecule has 0 unspecified atom stereocenters. The summed E-state index contributed by atoms with van der Waals surface area (Å²) in [6.07, 6.45) is -1.54. The molecule has 4 nitrogen and oxygen atoms in total. The first kappa shape index (κ1) is 15.8. The first-order valence-corrected chi connectivity index (χ1v) is 6.69. The van der Waals surface area contributed by atoms with E-state index in [-0.39, 0.29) is 5.56 Å². The van der Waals surface area contributed by atoms with Crippen LogP contribution in [0.2, 0.25) is 0 Å². The molecule has 1 aromatic carbocycles. The van der Waals surface area contributed by atoms with Crippen molar-refractivity contribution in [1.82, 2.24) is 14.6 Å². The van der Waals surface area contributed by atoms with Gasteiger partial charge in [0.25, 0.3) is 5.56 Å². The summed E-state index contributed by atoms with van der Waals surface area (Å²) in [5, 5.41) is 3.99. The third-order valence-corrected chi connectivity index (χ3v) is 2.91. The number of nitrogens with zero attached hydrogens (tertiary/aromatic N) is 2. The molecule has 0 bridgehead atoms. The molecule has 0 fully saturated rings. The lowest BCUT2D eigenvalue weighted by molar-refractivity contribution is -0.137. The summed E-state index contributed by atoms with van der Waals surface area (Å²) in [7, 11) is 0. The number of aromatic amines is 1. The van der Waals surface area contributed by atoms with Gasteiger partial charge in [0.05, 0.1) is 11.8 Å². The van der Waals surface area contributed by atoms with Crippen LogP contribution >= 0.6 is 0 Å². The van der Waals surface area contributed by atoms with E-state index in [4.69, 9.17) is 0 Å². The Morgan fingerprint density at radius 3 is 2.59 bits per heavy atom. The number of H-pyrrole nitrogens is 1. The van der Waals surface area contributed by atoms with Crippen LogP contribution in [0.1, 0.15) is 19.4 Å². The quantitative estimate of drug-likeness (QED) is 0.744. The fraction of sp³-hybridized carbons (Fsp3) is 0.200. The summed E-state index contributed by atoms with van der Waals surface area (Å²) in [5.41, 5.74) is 0.0566. The van der Waals surface area contributed by atoms with Gasteiger partial charge in [0, 0.05) is 17.8 Å². The van der Waals surface area contributed by atoms with Crippen LogP contribution < -0.4 is 5.56 Å². The largest absolute Gasteiger partial charge is 0.416 e. The SMILES string of the molecule is CC.O=c1ccn2ncc(-c3cccc(C(F)(F)F)c3)c2[nH]1. The highest BCUT2D eigenvalue weighted by Gasteiger charge is 2.30. The second kappa shape index (κ2) is 6.05. The van der Waals surface area contributed by atoms with E-state index in [2.05, 4.69) is 10.1 Å². The van der Waals surface area contributed by atoms with E-state index in [0.717, 1.165) is 12.1 Å². The highest BCUT2D eigenvalue weighted by molar-refractivity contribution is 5.77. The Bertz CT molecular complexity index is 834. The summed E-state index contributed by atoms with van der Waals surface area (Å²) in [5.74, 6) is 0. The minimum Gasteiger partial charge on any atom is -0.306 e. The fourth-order valence-corrected chi connectivity index (χ4v) is 1.97. The molecule has 22 heavy (non-hydrogen) atoms. The molecular weight excluding hydrogens is 295 g/mol. The molecular formula is C15H14F3N3O. The fourth-order valence-electron chi connectivity index (χ4n) is 1.97. The molecule has 0 saturated carbocycles. The van der Waals surface area contributed by atoms with Gasteiger partial charge >= 0.3 is 6.18 Å². The summed E-state index contributed by atoms with van der Waals surface area (Å²) in [6, 6.07) is 6.18. The third-order valence-electron chi connectivity index (χ3n) is 2.91. The van der Waals surface area contributed by atoms with Crippen molar-refractivity contribution in [3.63, 3.8) is 0 Å². The molecule has 0 aliphatic rings. The van der Waals surface area contributed by atoms with Crippen LogP contribution in [0.5, 0.6) is 0 Å². The monoisotopic (exact) mass is 309 g/mol. The molecule has 2 aromatic heterocycles. The normalized spacial score (nSPS) is 11.1. The summed E-state index contributed by atoms with van der Waals surface area (Å²) in [6.45, 7) is 4.00. The van der Waals surface area contributed by atoms with Crippen molar-refractivity contribution in [2.45, 2.75) is 20.0 Å². The zero-order chi connectivity index (χ0) is 16.3. The zero-order valence-electron chi connectivity index (χ0n) is 12.0. The van der Waals surface area contributed by atoms with Gasteiger partial charge in [0.15, 0.2) is 0 Å². The number of nitrogens with one attached hydrogen (secondary N) is 1. The van der Waals surface area contributed by atoms with Crippen LogP contribution in [0, 0.1) is 0 Å². The molecule has 0 radical (unpaired) electrons. The Kier molecular flexibility index (Phi) is 4.35. The standard InChI is InChI=1S/C13H8F3N3O.C2H6/c14-13(15,16)9-3-1-2-8(6-9)10-7-17-19-5-4-11(20)18-12(10)19;1-2/h1-7H,(H,18,20);1-2H3. The van der Waals surface area contributed by atoms with Crippen molar-refractivity contribution in [1.29, 1.82) is 0 Å². The summed E-state index contributed by atoms with van der Waals surface area (Å²) < 4.78 is 39.5. The summed E-state index contributed by atoms with van der Waals surface area (Å²) in [4.78, 5) is 13.9. The Morgan fingerprint density at radius 2 is 1.91 bits per heavy atom. The smallest absolute Gasteiger partial charge is 0.306 e. The summed E-state index contributed by atoms with van der Waals surface area (Å²) >= 11 is 0. The van der Waals surface area contributed by atoms with Crippen LogP contribution in [-0.4, -0.2) is 14.6 Å². The average molecular weight is 309 g/mol. The number of halogens is 3. The maximum atomic E-state index is 12.7. The van der Waals surface area contributed by atoms with Crippen molar-refractivity contribution >= 4 is 5.65 Å². The van der Waals surface area contributed by atoms with Crippen LogP contribution in [0.25, 0.3) is 16.8 Å². The van der Waals surface area contributed by atoms with Gasteiger partial charge in [-0.15, -0.1) is 0 Å². The van der Waals surface area contributed by atoms with Crippen LogP contribution in [0.3, 0.4) is 0 Å². The van der Waals surface area contributed by atoms with Crippen molar-refractivity contribution < 1.29 is 13.2 Å². The molecule has 0 aliphatic heterocycles. The maximum absolute atomic E-state index is 12.7. The van der Waals surface area contributed by atoms with E-state index in [0.29, 0.717) is 16.8 Å². The molecule has 0 amide bonds. The molecule has 3 aromatic rings. The number of rotatable bonds is 1. The Hall–Kier alpha value is -2.57. The number of hydrogen-bond donors (Lipinski definition) is 1. The van der Waals surface area contributed by atoms with Crippen LogP contribution in [0.4, 0.5) is 13.2 Å². The number of fused-ring (bicyclic) bond motifs is 1. The Labute approximate surface area is 124 Å². The van der Waals surface area contributed by atoms with Crippen molar-refractivity contribution in [2.75, 3.05) is 0 Å². The topological polar surface area (TPSA) is 50.2 Å². The molecule has 0 atom stereocenters. The second-order valence-corrected chi connectivity index (χ2v) is 4.23. The molecule has 116 valence electrons. The van der Waals surface area contributed by atoms with E-state index in [1.807, 2.05) is 13.8 Å². The van der Waals surface area contributed by atoms with Gasteiger partial charge in [0.2, 0.25) is 0 Å². The Morgan fingerprint density at radius 1 is 1.18 bits per heavy atom. The van der Waals surface area contributed by atoms with E-state index in [1.54, 1.807) is 0 Å². The van der Waals surface area contributed by atoms with Gasteiger partial charge in [-0.2, -0.15) is 18.3 Å². The molecule has 0 saturated heterocycles. The first-order chi connectivity index (χ1) is 10.4. The van der Waals surface area contributed by atoms with Gasteiger partial charge in [0.1, 0.15) is 5.65 Å². The number of hydrogen-bond acceptors (Lipinski definition) is 2. The molecule has 0 aliphatic carbocycles. The number of alkyl halides is 3. The van der Waals surface area contributed by atoms with Gasteiger partial charge in [-0.25, -0.2) is 4.52 Å². The molecule has 0 spiro atoms. The van der Waals surface area contributed by atoms with E-state index in [1.165, 1.54) is 35.1 Å². The van der Waals surface area contributed by atoms with Gasteiger partial charge in [-0.05, 0) is 17.7 Å². The molecule has 3 rings (SSSR count). The van der Waals surface area contributed by atoms with E-state index >= 15 is 0 Å². The van der Waals surface area contributed by atoms with E-state index in [9.17, 15) is 18.0 Å². The van der Waals surface area contributed by atoms with Gasteiger partial charge in [-0.1, -0.05) is 26.0 Å². The van der Waals surface area contributed by atoms with Crippen LogP contribution in [-0.2, 0) is 6.18 Å². The highest BCUT2D eigenvalue weighted by Crippen LogP contribution is 2.32. The number of aromatic nitrogens is 3. The predicted molar refractivity (Wildman–Crippen MR) is 77.6 cm³/mol. The van der Waals surface area contributed by atoms with Crippen molar-refractivity contribution in [3.05, 3.63) is 58.6 Å². The molecule has 7 heteroatoms.